The molecule has 2 aromatic rings. The quantitative estimate of drug-likeness (QED) is 0.328. The average molecular weight is 372 g/mol. The molecule has 0 aromatic heterocycles. The summed E-state index contributed by atoms with van der Waals surface area (Å²) >= 11 is 0. The maximum atomic E-state index is 12.9. The van der Waals surface area contributed by atoms with Gasteiger partial charge in [-0.25, -0.2) is 14.0 Å². The van der Waals surface area contributed by atoms with E-state index in [2.05, 4.69) is 6.92 Å². The summed E-state index contributed by atoms with van der Waals surface area (Å²) in [6, 6.07) is 11.3. The number of halogens is 1. The van der Waals surface area contributed by atoms with Crippen molar-refractivity contribution in [1.29, 1.82) is 0 Å². The molecule has 27 heavy (non-hydrogen) atoms. The van der Waals surface area contributed by atoms with Crippen LogP contribution >= 0.6 is 0 Å². The van der Waals surface area contributed by atoms with Crippen LogP contribution in [0.15, 0.2) is 48.5 Å². The Balaban J connectivity index is 1.85. The summed E-state index contributed by atoms with van der Waals surface area (Å²) in [6.45, 7) is 4.05. The standard InChI is InChI=1S/C22H25FO4/c1-3-4-5-6-7-16(2)26-21(24)18-10-14-20(15-11-18)27-22(25)17-8-12-19(23)13-9-17/h8-16H,3-7H2,1-2H3. The van der Waals surface area contributed by atoms with Crippen LogP contribution in [-0.4, -0.2) is 18.0 Å². The fourth-order valence-corrected chi connectivity index (χ4v) is 2.58. The molecule has 0 spiro atoms. The SMILES string of the molecule is CCCCCCC(C)OC(=O)c1ccc(OC(=O)c2ccc(F)cc2)cc1. The number of ether oxygens (including phenoxy) is 2. The Morgan fingerprint density at radius 1 is 0.889 bits per heavy atom. The highest BCUT2D eigenvalue weighted by molar-refractivity contribution is 5.92. The van der Waals surface area contributed by atoms with Gasteiger partial charge >= 0.3 is 11.9 Å². The third kappa shape index (κ3) is 6.85. The van der Waals surface area contributed by atoms with Crippen molar-refractivity contribution in [3.63, 3.8) is 0 Å². The molecule has 1 unspecified atom stereocenters. The molecule has 2 rings (SSSR count). The third-order valence-corrected chi connectivity index (χ3v) is 4.15. The fraction of sp³-hybridized carbons (Fsp3) is 0.364. The number of unbranched alkanes of at least 4 members (excludes halogenated alkanes) is 3. The summed E-state index contributed by atoms with van der Waals surface area (Å²) in [7, 11) is 0. The van der Waals surface area contributed by atoms with Crippen molar-refractivity contribution in [3.8, 4) is 5.75 Å². The van der Waals surface area contributed by atoms with Crippen LogP contribution in [0.4, 0.5) is 4.39 Å². The van der Waals surface area contributed by atoms with Gasteiger partial charge in [0.15, 0.2) is 0 Å². The molecule has 0 aliphatic carbocycles. The van der Waals surface area contributed by atoms with Gasteiger partial charge in [0.2, 0.25) is 0 Å². The maximum absolute atomic E-state index is 12.9. The lowest BCUT2D eigenvalue weighted by Crippen LogP contribution is -2.15. The van der Waals surface area contributed by atoms with E-state index < -0.39 is 17.8 Å². The number of hydrogen-bond acceptors (Lipinski definition) is 4. The van der Waals surface area contributed by atoms with Crippen molar-refractivity contribution < 1.29 is 23.5 Å². The largest absolute Gasteiger partial charge is 0.459 e. The number of hydrogen-bond donors (Lipinski definition) is 0. The van der Waals surface area contributed by atoms with Gasteiger partial charge < -0.3 is 9.47 Å². The summed E-state index contributed by atoms with van der Waals surface area (Å²) in [6.07, 6.45) is 5.27. The third-order valence-electron chi connectivity index (χ3n) is 4.15. The predicted octanol–water partition coefficient (Wildman–Crippen LogP) is 5.56. The molecule has 0 fully saturated rings. The minimum absolute atomic E-state index is 0.134. The minimum atomic E-state index is -0.592. The summed E-state index contributed by atoms with van der Waals surface area (Å²) in [5, 5.41) is 0. The van der Waals surface area contributed by atoms with E-state index in [0.29, 0.717) is 11.3 Å². The van der Waals surface area contributed by atoms with Crippen LogP contribution < -0.4 is 4.74 Å². The summed E-state index contributed by atoms with van der Waals surface area (Å²) in [4.78, 5) is 24.2. The highest BCUT2D eigenvalue weighted by Crippen LogP contribution is 2.17. The van der Waals surface area contributed by atoms with Gasteiger partial charge in [0.25, 0.3) is 0 Å². The van der Waals surface area contributed by atoms with Gasteiger partial charge in [-0.3, -0.25) is 0 Å². The van der Waals surface area contributed by atoms with Gasteiger partial charge in [-0.1, -0.05) is 26.2 Å². The number of benzene rings is 2. The van der Waals surface area contributed by atoms with E-state index in [1.54, 1.807) is 12.1 Å². The molecule has 0 radical (unpaired) electrons. The van der Waals surface area contributed by atoms with Gasteiger partial charge in [-0.2, -0.15) is 0 Å². The van der Waals surface area contributed by atoms with E-state index in [4.69, 9.17) is 9.47 Å². The molecule has 0 amide bonds. The van der Waals surface area contributed by atoms with E-state index in [1.165, 1.54) is 49.2 Å². The first kappa shape index (κ1) is 20.6. The van der Waals surface area contributed by atoms with Crippen LogP contribution in [-0.2, 0) is 4.74 Å². The molecule has 0 saturated carbocycles. The van der Waals surface area contributed by atoms with E-state index in [0.717, 1.165) is 19.3 Å². The van der Waals surface area contributed by atoms with Crippen LogP contribution in [0.1, 0.15) is 66.7 Å². The molecule has 4 nitrogen and oxygen atoms in total. The maximum Gasteiger partial charge on any atom is 0.343 e. The highest BCUT2D eigenvalue weighted by Gasteiger charge is 2.13. The van der Waals surface area contributed by atoms with Crippen molar-refractivity contribution in [2.24, 2.45) is 0 Å². The van der Waals surface area contributed by atoms with Crippen molar-refractivity contribution in [1.82, 2.24) is 0 Å². The topological polar surface area (TPSA) is 52.6 Å². The smallest absolute Gasteiger partial charge is 0.343 e. The second-order valence-corrected chi connectivity index (χ2v) is 6.49. The molecule has 0 bridgehead atoms. The number of rotatable bonds is 9. The Bertz CT molecular complexity index is 738. The van der Waals surface area contributed by atoms with Crippen LogP contribution in [0, 0.1) is 5.82 Å². The van der Waals surface area contributed by atoms with E-state index in [-0.39, 0.29) is 11.7 Å². The molecule has 0 heterocycles. The van der Waals surface area contributed by atoms with Gasteiger partial charge in [-0.15, -0.1) is 0 Å². The Morgan fingerprint density at radius 3 is 2.11 bits per heavy atom. The Kier molecular flexibility index (Phi) is 7.99. The van der Waals surface area contributed by atoms with Crippen LogP contribution in [0.5, 0.6) is 5.75 Å². The average Bonchev–Trinajstić information content (AvgIpc) is 2.66. The molecule has 0 saturated heterocycles. The summed E-state index contributed by atoms with van der Waals surface area (Å²) < 4.78 is 23.5. The van der Waals surface area contributed by atoms with Gasteiger partial charge in [0.05, 0.1) is 17.2 Å². The number of esters is 2. The molecule has 0 aliphatic heterocycles. The Morgan fingerprint density at radius 2 is 1.48 bits per heavy atom. The first-order valence-electron chi connectivity index (χ1n) is 9.28. The van der Waals surface area contributed by atoms with Gasteiger partial charge in [-0.05, 0) is 68.3 Å². The molecule has 0 aliphatic rings. The monoisotopic (exact) mass is 372 g/mol. The lowest BCUT2D eigenvalue weighted by Gasteiger charge is -2.13. The zero-order valence-electron chi connectivity index (χ0n) is 15.7. The van der Waals surface area contributed by atoms with Crippen molar-refractivity contribution in [3.05, 3.63) is 65.5 Å². The van der Waals surface area contributed by atoms with Crippen molar-refractivity contribution in [2.45, 2.75) is 52.1 Å². The van der Waals surface area contributed by atoms with Gasteiger partial charge in [0.1, 0.15) is 11.6 Å². The molecule has 1 atom stereocenters. The van der Waals surface area contributed by atoms with Crippen molar-refractivity contribution >= 4 is 11.9 Å². The minimum Gasteiger partial charge on any atom is -0.459 e. The molecular formula is C22H25FO4. The van der Waals surface area contributed by atoms with Crippen LogP contribution in [0.2, 0.25) is 0 Å². The molecular weight excluding hydrogens is 347 g/mol. The number of carbonyl (C=O) groups is 2. The van der Waals surface area contributed by atoms with Crippen molar-refractivity contribution in [2.75, 3.05) is 0 Å². The second kappa shape index (κ2) is 10.5. The first-order valence-corrected chi connectivity index (χ1v) is 9.28. The van der Waals surface area contributed by atoms with E-state index >= 15 is 0 Å². The molecule has 2 aromatic carbocycles. The van der Waals surface area contributed by atoms with E-state index in [1.807, 2.05) is 6.92 Å². The first-order chi connectivity index (χ1) is 13.0. The normalized spacial score (nSPS) is 11.7. The summed E-state index contributed by atoms with van der Waals surface area (Å²) in [5.74, 6) is -1.11. The Hall–Kier alpha value is -2.69. The number of carbonyl (C=O) groups excluding carboxylic acids is 2. The van der Waals surface area contributed by atoms with Crippen LogP contribution in [0.25, 0.3) is 0 Å². The second-order valence-electron chi connectivity index (χ2n) is 6.49. The lowest BCUT2D eigenvalue weighted by molar-refractivity contribution is 0.0319. The predicted molar refractivity (Wildman–Crippen MR) is 101 cm³/mol. The molecule has 144 valence electrons. The summed E-state index contributed by atoms with van der Waals surface area (Å²) in [5.41, 5.74) is 0.647. The molecule has 5 heteroatoms. The highest BCUT2D eigenvalue weighted by atomic mass is 19.1. The Labute approximate surface area is 159 Å². The molecule has 0 N–H and O–H groups in total. The van der Waals surface area contributed by atoms with Gasteiger partial charge in [0, 0.05) is 0 Å². The van der Waals surface area contributed by atoms with Crippen LogP contribution in [0.3, 0.4) is 0 Å². The fourth-order valence-electron chi connectivity index (χ4n) is 2.58. The zero-order chi connectivity index (χ0) is 19.6. The lowest BCUT2D eigenvalue weighted by atomic mass is 10.1. The zero-order valence-corrected chi connectivity index (χ0v) is 15.7. The van der Waals surface area contributed by atoms with E-state index in [9.17, 15) is 14.0 Å².